The topological polar surface area (TPSA) is 42.4 Å². The highest BCUT2D eigenvalue weighted by Crippen LogP contribution is 2.23. The molecule has 2 heterocycles. The molecule has 3 rings (SSSR count). The zero-order chi connectivity index (χ0) is 15.5. The number of nitrogens with zero attached hydrogens (tertiary/aromatic N) is 2. The van der Waals surface area contributed by atoms with Crippen molar-refractivity contribution in [2.75, 3.05) is 7.05 Å². The molecule has 0 saturated carbocycles. The molecule has 3 aromatic rings. The van der Waals surface area contributed by atoms with Gasteiger partial charge in [0, 0.05) is 10.6 Å². The Morgan fingerprint density at radius 3 is 2.50 bits per heavy atom. The van der Waals surface area contributed by atoms with Gasteiger partial charge in [0.25, 0.3) is 0 Å². The molecule has 0 N–H and O–H groups in total. The van der Waals surface area contributed by atoms with Crippen molar-refractivity contribution >= 4 is 11.6 Å². The fourth-order valence-corrected chi connectivity index (χ4v) is 2.38. The van der Waals surface area contributed by atoms with Crippen LogP contribution in [0.25, 0.3) is 11.3 Å². The van der Waals surface area contributed by atoms with E-state index in [0.717, 1.165) is 22.8 Å². The van der Waals surface area contributed by atoms with E-state index < -0.39 is 0 Å². The highest BCUT2D eigenvalue weighted by molar-refractivity contribution is 6.30. The second-order valence-electron chi connectivity index (χ2n) is 5.31. The van der Waals surface area contributed by atoms with Crippen LogP contribution in [0.5, 0.6) is 0 Å². The summed E-state index contributed by atoms with van der Waals surface area (Å²) in [5, 5.41) is 0.706. The van der Waals surface area contributed by atoms with Gasteiger partial charge in [0.05, 0.1) is 19.3 Å². The van der Waals surface area contributed by atoms with E-state index >= 15 is 0 Å². The zero-order valence-electron chi connectivity index (χ0n) is 12.5. The predicted molar refractivity (Wildman–Crippen MR) is 85.6 cm³/mol. The first-order valence-electron chi connectivity index (χ1n) is 7.04. The third-order valence-electron chi connectivity index (χ3n) is 3.31. The van der Waals surface area contributed by atoms with Gasteiger partial charge in [-0.2, -0.15) is 0 Å². The van der Waals surface area contributed by atoms with E-state index in [1.54, 1.807) is 6.20 Å². The summed E-state index contributed by atoms with van der Waals surface area (Å²) in [6.07, 6.45) is 1.74. The maximum absolute atomic E-state index is 5.89. The number of furan rings is 1. The number of aryl methyl sites for hydroxylation is 1. The van der Waals surface area contributed by atoms with Gasteiger partial charge in [-0.15, -0.1) is 0 Å². The minimum atomic E-state index is 0.618. The van der Waals surface area contributed by atoms with Crippen molar-refractivity contribution in [1.82, 2.24) is 9.88 Å². The first-order chi connectivity index (χ1) is 10.6. The van der Waals surface area contributed by atoms with E-state index in [0.29, 0.717) is 24.0 Å². The fourth-order valence-electron chi connectivity index (χ4n) is 2.25. The second kappa shape index (κ2) is 6.38. The van der Waals surface area contributed by atoms with Gasteiger partial charge >= 0.3 is 0 Å². The van der Waals surface area contributed by atoms with Crippen LogP contribution in [0.15, 0.2) is 51.4 Å². The van der Waals surface area contributed by atoms with E-state index in [1.807, 2.05) is 50.4 Å². The summed E-state index contributed by atoms with van der Waals surface area (Å²) < 4.78 is 11.4. The van der Waals surface area contributed by atoms with Crippen molar-refractivity contribution < 1.29 is 8.83 Å². The quantitative estimate of drug-likeness (QED) is 0.693. The molecule has 1 aromatic carbocycles. The summed E-state index contributed by atoms with van der Waals surface area (Å²) in [6.45, 7) is 3.27. The molecule has 0 amide bonds. The Morgan fingerprint density at radius 1 is 1.05 bits per heavy atom. The molecule has 0 aliphatic rings. The van der Waals surface area contributed by atoms with Crippen LogP contribution in [0.3, 0.4) is 0 Å². The molecule has 0 radical (unpaired) electrons. The minimum absolute atomic E-state index is 0.618. The lowest BCUT2D eigenvalue weighted by atomic mass is 10.2. The number of halogens is 1. The van der Waals surface area contributed by atoms with Crippen LogP contribution >= 0.6 is 11.6 Å². The van der Waals surface area contributed by atoms with Crippen molar-refractivity contribution in [1.29, 1.82) is 0 Å². The molecule has 0 bridgehead atoms. The van der Waals surface area contributed by atoms with Crippen LogP contribution in [0.1, 0.15) is 17.4 Å². The monoisotopic (exact) mass is 316 g/mol. The van der Waals surface area contributed by atoms with Crippen molar-refractivity contribution in [2.45, 2.75) is 20.0 Å². The normalized spacial score (nSPS) is 11.3. The highest BCUT2D eigenvalue weighted by atomic mass is 35.5. The lowest BCUT2D eigenvalue weighted by Gasteiger charge is -2.12. The van der Waals surface area contributed by atoms with E-state index in [-0.39, 0.29) is 0 Å². The fraction of sp³-hybridized carbons (Fsp3) is 0.235. The third-order valence-corrected chi connectivity index (χ3v) is 3.56. The number of oxazole rings is 1. The standard InChI is InChI=1S/C17H17ClN2O2/c1-12-3-8-15(21-12)10-20(2)11-17-19-9-16(22-17)13-4-6-14(18)7-5-13/h3-9H,10-11H2,1-2H3. The number of aromatic nitrogens is 1. The Kier molecular flexibility index (Phi) is 4.32. The Balaban J connectivity index is 1.65. The average molecular weight is 317 g/mol. The summed E-state index contributed by atoms with van der Waals surface area (Å²) >= 11 is 5.89. The van der Waals surface area contributed by atoms with Crippen LogP contribution in [0.4, 0.5) is 0 Å². The summed E-state index contributed by atoms with van der Waals surface area (Å²) in [5.74, 6) is 3.28. The van der Waals surface area contributed by atoms with Crippen LogP contribution in [-0.4, -0.2) is 16.9 Å². The van der Waals surface area contributed by atoms with Crippen LogP contribution in [0, 0.1) is 6.92 Å². The van der Waals surface area contributed by atoms with Crippen LogP contribution in [-0.2, 0) is 13.1 Å². The largest absolute Gasteiger partial charge is 0.465 e. The van der Waals surface area contributed by atoms with Crippen LogP contribution < -0.4 is 0 Å². The third kappa shape index (κ3) is 3.59. The molecule has 0 unspecified atom stereocenters. The number of rotatable bonds is 5. The lowest BCUT2D eigenvalue weighted by Crippen LogP contribution is -2.16. The molecule has 5 heteroatoms. The maximum Gasteiger partial charge on any atom is 0.209 e. The summed E-state index contributed by atoms with van der Waals surface area (Å²) in [7, 11) is 2.00. The van der Waals surface area contributed by atoms with Gasteiger partial charge in [-0.25, -0.2) is 4.98 Å². The molecule has 0 fully saturated rings. The SMILES string of the molecule is Cc1ccc(CN(C)Cc2ncc(-c3ccc(Cl)cc3)o2)o1. The molecule has 0 aliphatic carbocycles. The predicted octanol–water partition coefficient (Wildman–Crippen LogP) is 4.53. The van der Waals surface area contributed by atoms with Crippen molar-refractivity contribution in [2.24, 2.45) is 0 Å². The second-order valence-corrected chi connectivity index (χ2v) is 5.75. The number of hydrogen-bond donors (Lipinski definition) is 0. The van der Waals surface area contributed by atoms with Gasteiger partial charge in [0.1, 0.15) is 11.5 Å². The lowest BCUT2D eigenvalue weighted by molar-refractivity contribution is 0.259. The number of benzene rings is 1. The first-order valence-corrected chi connectivity index (χ1v) is 7.42. The summed E-state index contributed by atoms with van der Waals surface area (Å²) in [6, 6.07) is 11.5. The zero-order valence-corrected chi connectivity index (χ0v) is 13.3. The van der Waals surface area contributed by atoms with E-state index in [9.17, 15) is 0 Å². The molecular formula is C17H17ClN2O2. The highest BCUT2D eigenvalue weighted by Gasteiger charge is 2.10. The van der Waals surface area contributed by atoms with Gasteiger partial charge < -0.3 is 8.83 Å². The van der Waals surface area contributed by atoms with Crippen molar-refractivity contribution in [3.8, 4) is 11.3 Å². The molecule has 4 nitrogen and oxygen atoms in total. The Bertz CT molecular complexity index is 746. The van der Waals surface area contributed by atoms with Crippen molar-refractivity contribution in [3.05, 3.63) is 65.0 Å². The summed E-state index contributed by atoms with van der Waals surface area (Å²) in [4.78, 5) is 6.42. The minimum Gasteiger partial charge on any atom is -0.465 e. The van der Waals surface area contributed by atoms with Crippen LogP contribution in [0.2, 0.25) is 5.02 Å². The van der Waals surface area contributed by atoms with E-state index in [2.05, 4.69) is 9.88 Å². The Hall–Kier alpha value is -2.04. The molecule has 0 saturated heterocycles. The Morgan fingerprint density at radius 2 is 1.82 bits per heavy atom. The van der Waals surface area contributed by atoms with E-state index in [1.165, 1.54) is 0 Å². The van der Waals surface area contributed by atoms with E-state index in [4.69, 9.17) is 20.4 Å². The molecule has 114 valence electrons. The van der Waals surface area contributed by atoms with Gasteiger partial charge in [-0.05, 0) is 50.4 Å². The van der Waals surface area contributed by atoms with Crippen molar-refractivity contribution in [3.63, 3.8) is 0 Å². The van der Waals surface area contributed by atoms with Gasteiger partial charge in [0.15, 0.2) is 5.76 Å². The van der Waals surface area contributed by atoms with Gasteiger partial charge in [-0.3, -0.25) is 4.90 Å². The molecule has 0 aliphatic heterocycles. The maximum atomic E-state index is 5.89. The van der Waals surface area contributed by atoms with Gasteiger partial charge in [0.2, 0.25) is 5.89 Å². The molecule has 0 spiro atoms. The number of hydrogen-bond acceptors (Lipinski definition) is 4. The van der Waals surface area contributed by atoms with Gasteiger partial charge in [-0.1, -0.05) is 11.6 Å². The molecule has 2 aromatic heterocycles. The Labute approximate surface area is 134 Å². The smallest absolute Gasteiger partial charge is 0.209 e. The summed E-state index contributed by atoms with van der Waals surface area (Å²) in [5.41, 5.74) is 0.965. The molecule has 22 heavy (non-hydrogen) atoms. The molecule has 0 atom stereocenters. The first kappa shape index (κ1) is 14.9. The average Bonchev–Trinajstić information content (AvgIpc) is 3.09. The molecular weight excluding hydrogens is 300 g/mol.